The number of benzene rings is 5. The van der Waals surface area contributed by atoms with Crippen LogP contribution < -0.4 is 20.3 Å². The highest BCUT2D eigenvalue weighted by Crippen LogP contribution is 2.57. The summed E-state index contributed by atoms with van der Waals surface area (Å²) < 4.78 is 12.7. The lowest BCUT2D eigenvalue weighted by atomic mass is 9.77. The van der Waals surface area contributed by atoms with Crippen LogP contribution in [-0.4, -0.2) is 20.1 Å². The van der Waals surface area contributed by atoms with Crippen LogP contribution in [0.25, 0.3) is 0 Å². The highest BCUT2D eigenvalue weighted by Gasteiger charge is 2.53. The minimum absolute atomic E-state index is 0.370. The number of rotatable bonds is 5. The number of aryl methyl sites for hydroxylation is 1. The second-order valence-electron chi connectivity index (χ2n) is 10.8. The predicted molar refractivity (Wildman–Crippen MR) is 168 cm³/mol. The van der Waals surface area contributed by atoms with E-state index in [1.807, 2.05) is 93.8 Å². The Hall–Kier alpha value is -4.94. The van der Waals surface area contributed by atoms with E-state index in [1.165, 1.54) is 0 Å². The average Bonchev–Trinajstić information content (AvgIpc) is 3.28. The Morgan fingerprint density at radius 1 is 0.690 bits per heavy atom. The van der Waals surface area contributed by atoms with E-state index in [4.69, 9.17) is 21.1 Å². The first kappa shape index (κ1) is 26.0. The van der Waals surface area contributed by atoms with E-state index in [-0.39, 0.29) is 5.97 Å². The highest BCUT2D eigenvalue weighted by atomic mass is 35.5. The molecule has 1 spiro atoms. The van der Waals surface area contributed by atoms with Gasteiger partial charge in [-0.25, -0.2) is 4.79 Å². The number of hydrogen-bond donors (Lipinski definition) is 2. The summed E-state index contributed by atoms with van der Waals surface area (Å²) in [4.78, 5) is 15.2. The Morgan fingerprint density at radius 2 is 1.29 bits per heavy atom. The van der Waals surface area contributed by atoms with E-state index in [1.54, 1.807) is 6.07 Å². The van der Waals surface area contributed by atoms with Crippen LogP contribution in [0.2, 0.25) is 5.02 Å². The van der Waals surface area contributed by atoms with Crippen molar-refractivity contribution in [2.75, 3.05) is 29.6 Å². The summed E-state index contributed by atoms with van der Waals surface area (Å²) >= 11 is 6.57. The molecule has 0 bridgehead atoms. The molecule has 5 aromatic rings. The molecule has 0 radical (unpaired) electrons. The molecule has 0 fully saturated rings. The topological polar surface area (TPSA) is 62.8 Å². The van der Waals surface area contributed by atoms with Gasteiger partial charge in [0.25, 0.3) is 0 Å². The lowest BCUT2D eigenvalue weighted by Gasteiger charge is -2.37. The van der Waals surface area contributed by atoms with Gasteiger partial charge in [0, 0.05) is 70.3 Å². The van der Waals surface area contributed by atoms with Crippen LogP contribution in [0.3, 0.4) is 0 Å². The van der Waals surface area contributed by atoms with Crippen LogP contribution in [0.4, 0.5) is 28.4 Å². The normalized spacial score (nSPS) is 16.1. The van der Waals surface area contributed by atoms with Gasteiger partial charge >= 0.3 is 5.97 Å². The summed E-state index contributed by atoms with van der Waals surface area (Å²) in [5.41, 5.74) is 7.44. The van der Waals surface area contributed by atoms with Gasteiger partial charge in [-0.1, -0.05) is 29.8 Å². The zero-order chi connectivity index (χ0) is 29.0. The van der Waals surface area contributed by atoms with Gasteiger partial charge in [0.1, 0.15) is 11.5 Å². The molecule has 1 unspecified atom stereocenters. The SMILES string of the molecule is Cc1cc2c(cc1Cl)C1(OC(=O)c3ccccc31)c1ccc(Nc3ccc(Nc4ccc(N(C)C)cc4)cc3)cc1O2. The van der Waals surface area contributed by atoms with E-state index in [0.717, 1.165) is 45.1 Å². The molecule has 0 saturated carbocycles. The van der Waals surface area contributed by atoms with Crippen LogP contribution in [0.1, 0.15) is 32.6 Å². The largest absolute Gasteiger partial charge is 0.456 e. The first-order valence-corrected chi connectivity index (χ1v) is 14.1. The number of ether oxygens (including phenoxy) is 2. The van der Waals surface area contributed by atoms with Gasteiger partial charge in [-0.3, -0.25) is 0 Å². The fraction of sp³-hybridized carbons (Fsp3) is 0.114. The van der Waals surface area contributed by atoms with Crippen LogP contribution in [0.15, 0.2) is 103 Å². The minimum Gasteiger partial charge on any atom is -0.456 e. The Bertz CT molecular complexity index is 1850. The maximum atomic E-state index is 13.1. The molecule has 0 aliphatic carbocycles. The molecule has 0 amide bonds. The predicted octanol–water partition coefficient (Wildman–Crippen LogP) is 8.77. The monoisotopic (exact) mass is 573 g/mol. The molecule has 208 valence electrons. The van der Waals surface area contributed by atoms with Gasteiger partial charge in [-0.15, -0.1) is 0 Å². The smallest absolute Gasteiger partial charge is 0.340 e. The van der Waals surface area contributed by atoms with Gasteiger partial charge in [-0.05, 0) is 91.3 Å². The number of anilines is 5. The molecule has 0 saturated heterocycles. The molecule has 2 aliphatic rings. The van der Waals surface area contributed by atoms with Crippen molar-refractivity contribution in [2.45, 2.75) is 12.5 Å². The summed E-state index contributed by atoms with van der Waals surface area (Å²) in [6, 6.07) is 33.5. The van der Waals surface area contributed by atoms with Crippen molar-refractivity contribution in [3.8, 4) is 11.5 Å². The second-order valence-corrected chi connectivity index (χ2v) is 11.2. The Morgan fingerprint density at radius 3 is 1.98 bits per heavy atom. The number of carbonyl (C=O) groups is 1. The van der Waals surface area contributed by atoms with Gasteiger partial charge in [0.15, 0.2) is 5.60 Å². The van der Waals surface area contributed by atoms with Crippen molar-refractivity contribution in [3.63, 3.8) is 0 Å². The summed E-state index contributed by atoms with van der Waals surface area (Å²) in [5, 5.41) is 7.50. The lowest BCUT2D eigenvalue weighted by Crippen LogP contribution is -2.33. The number of halogens is 1. The highest BCUT2D eigenvalue weighted by molar-refractivity contribution is 6.31. The summed E-state index contributed by atoms with van der Waals surface area (Å²) in [6.45, 7) is 1.93. The maximum Gasteiger partial charge on any atom is 0.340 e. The Balaban J connectivity index is 1.20. The van der Waals surface area contributed by atoms with Gasteiger partial charge in [-0.2, -0.15) is 0 Å². The number of fused-ring (bicyclic) bond motifs is 6. The molecule has 5 aromatic carbocycles. The number of nitrogens with one attached hydrogen (secondary N) is 2. The van der Waals surface area contributed by atoms with E-state index in [9.17, 15) is 4.79 Å². The van der Waals surface area contributed by atoms with Gasteiger partial charge in [0.05, 0.1) is 5.56 Å². The van der Waals surface area contributed by atoms with Crippen molar-refractivity contribution in [2.24, 2.45) is 0 Å². The Labute approximate surface area is 249 Å². The van der Waals surface area contributed by atoms with E-state index >= 15 is 0 Å². The van der Waals surface area contributed by atoms with Crippen LogP contribution in [-0.2, 0) is 10.3 Å². The Kier molecular flexibility index (Phi) is 6.10. The van der Waals surface area contributed by atoms with Crippen LogP contribution >= 0.6 is 11.6 Å². The van der Waals surface area contributed by atoms with E-state index in [0.29, 0.717) is 27.6 Å². The average molecular weight is 574 g/mol. The summed E-state index contributed by atoms with van der Waals surface area (Å²) in [7, 11) is 4.05. The molecule has 7 rings (SSSR count). The molecule has 2 aliphatic heterocycles. The third-order valence-electron chi connectivity index (χ3n) is 7.84. The van der Waals surface area contributed by atoms with Crippen LogP contribution in [0.5, 0.6) is 11.5 Å². The molecule has 7 heteroatoms. The third kappa shape index (κ3) is 4.23. The standard InChI is InChI=1S/C35H28ClN3O3/c1-21-18-32-30(20-31(21)36)35(28-7-5-4-6-27(28)34(40)42-35)29-17-14-25(19-33(29)41-32)38-23-10-8-22(9-11-23)37-24-12-15-26(16-13-24)39(2)3/h4-20,37-38H,1-3H3. The fourth-order valence-electron chi connectivity index (χ4n) is 5.68. The fourth-order valence-corrected chi connectivity index (χ4v) is 5.85. The summed E-state index contributed by atoms with van der Waals surface area (Å²) in [6.07, 6.45) is 0. The number of carbonyl (C=O) groups excluding carboxylic acids is 1. The maximum absolute atomic E-state index is 13.1. The molecule has 0 aromatic heterocycles. The first-order chi connectivity index (χ1) is 20.3. The quantitative estimate of drug-likeness (QED) is 0.205. The van der Waals surface area contributed by atoms with Gasteiger partial charge < -0.3 is 25.0 Å². The minimum atomic E-state index is -1.15. The van der Waals surface area contributed by atoms with Crippen molar-refractivity contribution in [1.82, 2.24) is 0 Å². The second kappa shape index (κ2) is 9.86. The van der Waals surface area contributed by atoms with Gasteiger partial charge in [0.2, 0.25) is 0 Å². The summed E-state index contributed by atoms with van der Waals surface area (Å²) in [5.74, 6) is 0.851. The number of esters is 1. The molecule has 6 nitrogen and oxygen atoms in total. The molecule has 2 heterocycles. The number of hydrogen-bond acceptors (Lipinski definition) is 6. The lowest BCUT2D eigenvalue weighted by molar-refractivity contribution is 0.0224. The van der Waals surface area contributed by atoms with Crippen molar-refractivity contribution < 1.29 is 14.3 Å². The van der Waals surface area contributed by atoms with Crippen molar-refractivity contribution >= 4 is 46.0 Å². The molecular formula is C35H28ClN3O3. The molecule has 42 heavy (non-hydrogen) atoms. The van der Waals surface area contributed by atoms with E-state index < -0.39 is 5.60 Å². The molecular weight excluding hydrogens is 546 g/mol. The third-order valence-corrected chi connectivity index (χ3v) is 8.25. The molecule has 1 atom stereocenters. The zero-order valence-electron chi connectivity index (χ0n) is 23.4. The van der Waals surface area contributed by atoms with Crippen LogP contribution in [0, 0.1) is 6.92 Å². The van der Waals surface area contributed by atoms with Crippen molar-refractivity contribution in [1.29, 1.82) is 0 Å². The number of nitrogens with zero attached hydrogens (tertiary/aromatic N) is 1. The van der Waals surface area contributed by atoms with E-state index in [2.05, 4.69) is 39.8 Å². The molecule has 2 N–H and O–H groups in total. The zero-order valence-corrected chi connectivity index (χ0v) is 24.1. The van der Waals surface area contributed by atoms with Crippen molar-refractivity contribution in [3.05, 3.63) is 136 Å². The first-order valence-electron chi connectivity index (χ1n) is 13.7.